The number of aryl methyl sites for hydroxylation is 1. The van der Waals surface area contributed by atoms with Crippen molar-refractivity contribution in [1.82, 2.24) is 9.80 Å². The molecule has 2 heterocycles. The smallest absolute Gasteiger partial charge is 0.321 e. The van der Waals surface area contributed by atoms with Crippen LogP contribution in [-0.2, 0) is 6.42 Å². The van der Waals surface area contributed by atoms with Gasteiger partial charge in [-0.2, -0.15) is 0 Å². The lowest BCUT2D eigenvalue weighted by molar-refractivity contribution is 0.180. The van der Waals surface area contributed by atoms with Crippen molar-refractivity contribution in [3.8, 4) is 5.75 Å². The van der Waals surface area contributed by atoms with Crippen LogP contribution in [0.15, 0.2) is 48.5 Å². The van der Waals surface area contributed by atoms with E-state index < -0.39 is 0 Å². The van der Waals surface area contributed by atoms with Crippen LogP contribution in [0.5, 0.6) is 5.75 Å². The van der Waals surface area contributed by atoms with E-state index in [4.69, 9.17) is 4.74 Å². The van der Waals surface area contributed by atoms with E-state index in [0.29, 0.717) is 5.92 Å². The Kier molecular flexibility index (Phi) is 7.53. The number of piperidine rings is 1. The van der Waals surface area contributed by atoms with E-state index in [9.17, 15) is 4.79 Å². The topological polar surface area (TPSA) is 48.1 Å². The maximum absolute atomic E-state index is 12.9. The maximum atomic E-state index is 12.9. The highest BCUT2D eigenvalue weighted by Gasteiger charge is 2.23. The fourth-order valence-corrected chi connectivity index (χ4v) is 4.70. The second-order valence-corrected chi connectivity index (χ2v) is 9.06. The summed E-state index contributed by atoms with van der Waals surface area (Å²) in [5, 5.41) is 3.12. The van der Waals surface area contributed by atoms with Gasteiger partial charge in [0.15, 0.2) is 0 Å². The van der Waals surface area contributed by atoms with Gasteiger partial charge in [0.2, 0.25) is 0 Å². The maximum Gasteiger partial charge on any atom is 0.321 e. The van der Waals surface area contributed by atoms with Crippen molar-refractivity contribution < 1.29 is 9.53 Å². The molecule has 2 aromatic rings. The van der Waals surface area contributed by atoms with Gasteiger partial charge in [0.25, 0.3) is 0 Å². The molecule has 2 aliphatic rings. The number of piperazine rings is 1. The van der Waals surface area contributed by atoms with Gasteiger partial charge in [-0.1, -0.05) is 30.3 Å². The van der Waals surface area contributed by atoms with Crippen LogP contribution < -0.4 is 15.0 Å². The largest absolute Gasteiger partial charge is 0.495 e. The number of benzene rings is 2. The average Bonchev–Trinajstić information content (AvgIpc) is 2.84. The normalized spacial score (nSPS) is 17.9. The zero-order valence-corrected chi connectivity index (χ0v) is 19.4. The highest BCUT2D eigenvalue weighted by atomic mass is 16.5. The second kappa shape index (κ2) is 10.7. The summed E-state index contributed by atoms with van der Waals surface area (Å²) in [7, 11) is 3.85. The van der Waals surface area contributed by atoms with Crippen LogP contribution in [0, 0.1) is 5.92 Å². The quantitative estimate of drug-likeness (QED) is 0.733. The Bertz CT molecular complexity index is 873. The highest BCUT2D eigenvalue weighted by Crippen LogP contribution is 2.32. The van der Waals surface area contributed by atoms with Gasteiger partial charge in [-0.25, -0.2) is 4.79 Å². The van der Waals surface area contributed by atoms with Crippen molar-refractivity contribution in [3.05, 3.63) is 54.1 Å². The van der Waals surface area contributed by atoms with Crippen molar-refractivity contribution >= 4 is 17.4 Å². The minimum Gasteiger partial charge on any atom is -0.495 e. The Hall–Kier alpha value is -2.73. The molecule has 2 aliphatic heterocycles. The number of urea groups is 1. The van der Waals surface area contributed by atoms with Gasteiger partial charge in [0.05, 0.1) is 12.8 Å². The molecular formula is C26H36N4O2. The number of amides is 2. The lowest BCUT2D eigenvalue weighted by Gasteiger charge is -2.35. The number of hydrogen-bond donors (Lipinski definition) is 1. The first-order chi connectivity index (χ1) is 15.6. The molecule has 32 heavy (non-hydrogen) atoms. The first-order valence-corrected chi connectivity index (χ1v) is 11.8. The van der Waals surface area contributed by atoms with Gasteiger partial charge < -0.3 is 24.8 Å². The monoisotopic (exact) mass is 436 g/mol. The summed E-state index contributed by atoms with van der Waals surface area (Å²) in [5.41, 5.74) is 3.29. The van der Waals surface area contributed by atoms with Crippen molar-refractivity contribution in [3.63, 3.8) is 0 Å². The summed E-state index contributed by atoms with van der Waals surface area (Å²) >= 11 is 0. The van der Waals surface area contributed by atoms with Crippen molar-refractivity contribution in [2.75, 3.05) is 63.6 Å². The van der Waals surface area contributed by atoms with Gasteiger partial charge in [0, 0.05) is 45.0 Å². The standard InChI is InChI=1S/C26H36N4O2/c1-28-16-18-29(19-17-28)24-20-23(10-11-25(24)32-2)27-26(31)30-14-12-22(13-15-30)9-8-21-6-4-3-5-7-21/h3-7,10-11,20,22H,8-9,12-19H2,1-2H3,(H,27,31). The predicted molar refractivity (Wildman–Crippen MR) is 131 cm³/mol. The Labute approximate surface area is 192 Å². The molecule has 0 aliphatic carbocycles. The van der Waals surface area contributed by atoms with Gasteiger partial charge in [-0.3, -0.25) is 0 Å². The molecule has 2 saturated heterocycles. The van der Waals surface area contributed by atoms with E-state index >= 15 is 0 Å². The van der Waals surface area contributed by atoms with E-state index in [1.807, 2.05) is 17.0 Å². The van der Waals surface area contributed by atoms with Crippen molar-refractivity contribution in [1.29, 1.82) is 0 Å². The molecule has 0 bridgehead atoms. The molecule has 2 aromatic carbocycles. The highest BCUT2D eigenvalue weighted by molar-refractivity contribution is 5.90. The first-order valence-electron chi connectivity index (χ1n) is 11.8. The molecule has 172 valence electrons. The van der Waals surface area contributed by atoms with E-state index in [2.05, 4.69) is 58.6 Å². The second-order valence-electron chi connectivity index (χ2n) is 9.06. The third-order valence-corrected chi connectivity index (χ3v) is 6.86. The third kappa shape index (κ3) is 5.74. The number of rotatable bonds is 6. The number of likely N-dealkylation sites (N-methyl/N-ethyl adjacent to an activating group) is 1. The van der Waals surface area contributed by atoms with Gasteiger partial charge >= 0.3 is 6.03 Å². The van der Waals surface area contributed by atoms with Crippen molar-refractivity contribution in [2.45, 2.75) is 25.7 Å². The Morgan fingerprint density at radius 3 is 2.41 bits per heavy atom. The zero-order valence-electron chi connectivity index (χ0n) is 19.4. The number of carbonyl (C=O) groups excluding carboxylic acids is 1. The molecule has 0 saturated carbocycles. The molecule has 0 unspecified atom stereocenters. The van der Waals surface area contributed by atoms with E-state index in [1.54, 1.807) is 7.11 Å². The number of likely N-dealkylation sites (tertiary alicyclic amines) is 1. The van der Waals surface area contributed by atoms with Gasteiger partial charge in [-0.15, -0.1) is 0 Å². The minimum absolute atomic E-state index is 0.000929. The Morgan fingerprint density at radius 2 is 1.72 bits per heavy atom. The zero-order chi connectivity index (χ0) is 22.3. The van der Waals surface area contributed by atoms with Crippen LogP contribution in [0.25, 0.3) is 0 Å². The average molecular weight is 437 g/mol. The third-order valence-electron chi connectivity index (χ3n) is 6.86. The molecule has 0 radical (unpaired) electrons. The minimum atomic E-state index is 0.000929. The van der Waals surface area contributed by atoms with E-state index in [-0.39, 0.29) is 6.03 Å². The predicted octanol–water partition coefficient (Wildman–Crippen LogP) is 4.32. The molecule has 2 amide bonds. The van der Waals surface area contributed by atoms with Crippen LogP contribution >= 0.6 is 0 Å². The fraction of sp³-hybridized carbons (Fsp3) is 0.500. The number of anilines is 2. The number of ether oxygens (including phenoxy) is 1. The molecule has 4 rings (SSSR count). The fourth-order valence-electron chi connectivity index (χ4n) is 4.70. The molecule has 1 N–H and O–H groups in total. The van der Waals surface area contributed by atoms with Crippen LogP contribution in [-0.4, -0.2) is 69.3 Å². The lowest BCUT2D eigenvalue weighted by atomic mass is 9.90. The molecule has 6 nitrogen and oxygen atoms in total. The Morgan fingerprint density at radius 1 is 1.00 bits per heavy atom. The molecule has 6 heteroatoms. The van der Waals surface area contributed by atoms with Crippen LogP contribution in [0.4, 0.5) is 16.2 Å². The van der Waals surface area contributed by atoms with Crippen molar-refractivity contribution in [2.24, 2.45) is 5.92 Å². The molecular weight excluding hydrogens is 400 g/mol. The number of methoxy groups -OCH3 is 1. The summed E-state index contributed by atoms with van der Waals surface area (Å²) in [6.45, 7) is 5.62. The summed E-state index contributed by atoms with van der Waals surface area (Å²) < 4.78 is 5.59. The van der Waals surface area contributed by atoms with Gasteiger partial charge in [0.1, 0.15) is 5.75 Å². The van der Waals surface area contributed by atoms with Crippen LogP contribution in [0.3, 0.4) is 0 Å². The summed E-state index contributed by atoms with van der Waals surface area (Å²) in [4.78, 5) is 19.5. The number of carbonyl (C=O) groups is 1. The van der Waals surface area contributed by atoms with E-state index in [1.165, 1.54) is 12.0 Å². The molecule has 0 atom stereocenters. The Balaban J connectivity index is 1.30. The SMILES string of the molecule is COc1ccc(NC(=O)N2CCC(CCc3ccccc3)CC2)cc1N1CCN(C)CC1. The summed E-state index contributed by atoms with van der Waals surface area (Å²) in [6, 6.07) is 16.6. The van der Waals surface area contributed by atoms with Gasteiger partial charge in [-0.05, 0) is 62.4 Å². The molecule has 2 fully saturated rings. The number of hydrogen-bond acceptors (Lipinski definition) is 4. The van der Waals surface area contributed by atoms with E-state index in [0.717, 1.165) is 75.7 Å². The number of nitrogens with zero attached hydrogens (tertiary/aromatic N) is 3. The number of nitrogens with one attached hydrogen (secondary N) is 1. The van der Waals surface area contributed by atoms with Crippen LogP contribution in [0.2, 0.25) is 0 Å². The summed E-state index contributed by atoms with van der Waals surface area (Å²) in [6.07, 6.45) is 4.48. The lowest BCUT2D eigenvalue weighted by Crippen LogP contribution is -2.44. The molecule has 0 aromatic heterocycles. The summed E-state index contributed by atoms with van der Waals surface area (Å²) in [5.74, 6) is 1.55. The first kappa shape index (κ1) is 22.5. The van der Waals surface area contributed by atoms with Crippen LogP contribution in [0.1, 0.15) is 24.8 Å². The molecule has 0 spiro atoms.